The van der Waals surface area contributed by atoms with Crippen molar-refractivity contribution < 1.29 is 19.4 Å². The number of benzene rings is 2. The van der Waals surface area contributed by atoms with E-state index in [4.69, 9.17) is 14.6 Å². The molecule has 1 aliphatic rings. The van der Waals surface area contributed by atoms with Gasteiger partial charge in [0.15, 0.2) is 0 Å². The van der Waals surface area contributed by atoms with E-state index in [9.17, 15) is 4.79 Å². The number of hydrogen-bond donors (Lipinski definition) is 2. The Labute approximate surface area is 179 Å². The predicted octanol–water partition coefficient (Wildman–Crippen LogP) is 4.34. The van der Waals surface area contributed by atoms with E-state index in [1.54, 1.807) is 0 Å². The maximum Gasteiger partial charge on any atom is 0.279 e. The first-order chi connectivity index (χ1) is 14.5. The Morgan fingerprint density at radius 1 is 1.30 bits per heavy atom. The van der Waals surface area contributed by atoms with Crippen LogP contribution in [0, 0.1) is 13.8 Å². The summed E-state index contributed by atoms with van der Waals surface area (Å²) in [5.74, 6) is 1.33. The Morgan fingerprint density at radius 2 is 2.13 bits per heavy atom. The number of nitrogens with zero attached hydrogens (tertiary/aromatic N) is 1. The molecule has 1 atom stereocenters. The highest BCUT2D eigenvalue weighted by Gasteiger charge is 2.24. The summed E-state index contributed by atoms with van der Waals surface area (Å²) in [6.07, 6.45) is 3.35. The summed E-state index contributed by atoms with van der Waals surface area (Å²) in [5.41, 5.74) is 4.53. The summed E-state index contributed by atoms with van der Waals surface area (Å²) in [7, 11) is 0. The lowest BCUT2D eigenvalue weighted by atomic mass is 9.94. The lowest BCUT2D eigenvalue weighted by molar-refractivity contribution is 0.0948. The van der Waals surface area contributed by atoms with Gasteiger partial charge in [-0.25, -0.2) is 4.98 Å². The Bertz CT molecular complexity index is 1060. The number of rotatable bonds is 6. The van der Waals surface area contributed by atoms with Crippen molar-refractivity contribution in [1.82, 2.24) is 10.3 Å². The van der Waals surface area contributed by atoms with Gasteiger partial charge in [0.2, 0.25) is 0 Å². The first kappa shape index (κ1) is 20.4. The van der Waals surface area contributed by atoms with E-state index >= 15 is 0 Å². The van der Waals surface area contributed by atoms with Gasteiger partial charge in [0.1, 0.15) is 22.5 Å². The number of aliphatic hydroxyl groups is 1. The van der Waals surface area contributed by atoms with E-state index < -0.39 is 0 Å². The van der Waals surface area contributed by atoms with Gasteiger partial charge >= 0.3 is 0 Å². The first-order valence-corrected chi connectivity index (χ1v) is 10.7. The van der Waals surface area contributed by atoms with Gasteiger partial charge in [-0.2, -0.15) is 0 Å². The largest absolute Gasteiger partial charge is 0.485 e. The summed E-state index contributed by atoms with van der Waals surface area (Å²) >= 11 is 1.17. The number of aryl methyl sites for hydroxylation is 3. The van der Waals surface area contributed by atoms with Crippen LogP contribution in [0.3, 0.4) is 0 Å². The van der Waals surface area contributed by atoms with E-state index in [2.05, 4.69) is 35.4 Å². The molecule has 2 N–H and O–H groups in total. The number of ether oxygens (including phenoxy) is 2. The maximum atomic E-state index is 12.0. The van der Waals surface area contributed by atoms with Gasteiger partial charge < -0.3 is 19.9 Å². The molecule has 156 valence electrons. The normalized spacial score (nSPS) is 15.2. The zero-order valence-corrected chi connectivity index (χ0v) is 17.8. The molecule has 0 spiro atoms. The zero-order valence-electron chi connectivity index (χ0n) is 17.0. The molecule has 0 saturated carbocycles. The lowest BCUT2D eigenvalue weighted by Crippen LogP contribution is -2.25. The molecule has 0 saturated heterocycles. The average molecular weight is 425 g/mol. The number of carbonyl (C=O) groups excluding carboxylic acids is 1. The highest BCUT2D eigenvalue weighted by Crippen LogP contribution is 2.40. The minimum atomic E-state index is -0.269. The Hall–Kier alpha value is -2.90. The van der Waals surface area contributed by atoms with Crippen LogP contribution in [0.2, 0.25) is 0 Å². The van der Waals surface area contributed by atoms with Crippen molar-refractivity contribution in [1.29, 1.82) is 0 Å². The molecular formula is C23H24N2O4S. The molecule has 2 aromatic carbocycles. The lowest BCUT2D eigenvalue weighted by Gasteiger charge is -2.28. The van der Waals surface area contributed by atoms with Gasteiger partial charge in [0.05, 0.1) is 12.8 Å². The SMILES string of the molecule is Cc1cc2c(cc1Oc1ncc(C(=O)NCCO)s1)CCC(c1ccccc1C)O2. The fourth-order valence-electron chi connectivity index (χ4n) is 3.55. The Kier molecular flexibility index (Phi) is 6.01. The van der Waals surface area contributed by atoms with Gasteiger partial charge in [0.25, 0.3) is 11.1 Å². The number of aromatic nitrogens is 1. The molecule has 30 heavy (non-hydrogen) atoms. The Morgan fingerprint density at radius 3 is 2.93 bits per heavy atom. The van der Waals surface area contributed by atoms with Gasteiger partial charge in [-0.15, -0.1) is 0 Å². The third-order valence-corrected chi connectivity index (χ3v) is 6.02. The van der Waals surface area contributed by atoms with Crippen molar-refractivity contribution >= 4 is 17.2 Å². The highest BCUT2D eigenvalue weighted by molar-refractivity contribution is 7.15. The maximum absolute atomic E-state index is 12.0. The molecule has 0 radical (unpaired) electrons. The van der Waals surface area contributed by atoms with E-state index in [1.807, 2.05) is 25.1 Å². The van der Waals surface area contributed by atoms with Crippen molar-refractivity contribution in [2.75, 3.05) is 13.2 Å². The van der Waals surface area contributed by atoms with Crippen molar-refractivity contribution in [3.05, 3.63) is 69.7 Å². The second kappa shape index (κ2) is 8.85. The van der Waals surface area contributed by atoms with Crippen LogP contribution in [0.25, 0.3) is 0 Å². The number of carbonyl (C=O) groups is 1. The summed E-state index contributed by atoms with van der Waals surface area (Å²) in [6, 6.07) is 12.4. The van der Waals surface area contributed by atoms with Crippen LogP contribution in [-0.2, 0) is 6.42 Å². The van der Waals surface area contributed by atoms with Gasteiger partial charge in [-0.1, -0.05) is 35.6 Å². The van der Waals surface area contributed by atoms with Crippen molar-refractivity contribution in [3.63, 3.8) is 0 Å². The fraction of sp³-hybridized carbons (Fsp3) is 0.304. The second-order valence-electron chi connectivity index (χ2n) is 7.30. The summed E-state index contributed by atoms with van der Waals surface area (Å²) in [6.45, 7) is 4.19. The van der Waals surface area contributed by atoms with Crippen LogP contribution in [0.15, 0.2) is 42.6 Å². The van der Waals surface area contributed by atoms with Gasteiger partial charge in [-0.05, 0) is 61.1 Å². The summed E-state index contributed by atoms with van der Waals surface area (Å²) in [5, 5.41) is 11.8. The first-order valence-electron chi connectivity index (χ1n) is 9.93. The zero-order chi connectivity index (χ0) is 21.1. The molecule has 1 aromatic heterocycles. The highest BCUT2D eigenvalue weighted by atomic mass is 32.1. The van der Waals surface area contributed by atoms with Crippen LogP contribution in [-0.4, -0.2) is 29.1 Å². The van der Waals surface area contributed by atoms with Crippen LogP contribution >= 0.6 is 11.3 Å². The molecule has 0 aliphatic carbocycles. The fourth-order valence-corrected chi connectivity index (χ4v) is 4.24. The number of thiazole rings is 1. The van der Waals surface area contributed by atoms with Crippen LogP contribution in [0.5, 0.6) is 16.7 Å². The summed E-state index contributed by atoms with van der Waals surface area (Å²) in [4.78, 5) is 16.6. The Balaban J connectivity index is 1.49. The molecular weight excluding hydrogens is 400 g/mol. The quantitative estimate of drug-likeness (QED) is 0.615. The molecule has 7 heteroatoms. The molecule has 4 rings (SSSR count). The van der Waals surface area contributed by atoms with E-state index in [0.717, 1.165) is 29.7 Å². The van der Waals surface area contributed by atoms with Crippen LogP contribution < -0.4 is 14.8 Å². The molecule has 1 unspecified atom stereocenters. The number of aliphatic hydroxyl groups excluding tert-OH is 1. The average Bonchev–Trinajstić information content (AvgIpc) is 3.21. The molecule has 1 amide bonds. The smallest absolute Gasteiger partial charge is 0.279 e. The van der Waals surface area contributed by atoms with Gasteiger partial charge in [-0.3, -0.25) is 4.79 Å². The van der Waals surface area contributed by atoms with E-state index in [1.165, 1.54) is 28.7 Å². The van der Waals surface area contributed by atoms with Crippen molar-refractivity contribution in [2.24, 2.45) is 0 Å². The third-order valence-electron chi connectivity index (χ3n) is 5.14. The topological polar surface area (TPSA) is 80.7 Å². The second-order valence-corrected chi connectivity index (χ2v) is 8.29. The monoisotopic (exact) mass is 424 g/mol. The number of hydrogen-bond acceptors (Lipinski definition) is 6. The third kappa shape index (κ3) is 4.32. The predicted molar refractivity (Wildman–Crippen MR) is 116 cm³/mol. The standard InChI is InChI=1S/C23H24N2O4S/c1-14-5-3-4-6-17(14)18-8-7-16-12-19(15(2)11-20(16)28-18)29-23-25-13-21(30-23)22(27)24-9-10-26/h3-6,11-13,18,26H,7-10H2,1-2H3,(H,24,27). The molecule has 6 nitrogen and oxygen atoms in total. The van der Waals surface area contributed by atoms with Crippen LogP contribution in [0.1, 0.15) is 44.5 Å². The summed E-state index contributed by atoms with van der Waals surface area (Å²) < 4.78 is 12.3. The molecule has 1 aliphatic heterocycles. The van der Waals surface area contributed by atoms with E-state index in [-0.39, 0.29) is 25.2 Å². The van der Waals surface area contributed by atoms with E-state index in [0.29, 0.717) is 15.8 Å². The van der Waals surface area contributed by atoms with Crippen molar-refractivity contribution in [3.8, 4) is 16.7 Å². The van der Waals surface area contributed by atoms with Gasteiger partial charge in [0, 0.05) is 6.54 Å². The number of nitrogens with one attached hydrogen (secondary N) is 1. The molecule has 0 fully saturated rings. The van der Waals surface area contributed by atoms with Crippen molar-refractivity contribution in [2.45, 2.75) is 32.8 Å². The number of fused-ring (bicyclic) bond motifs is 1. The number of amides is 1. The molecule has 2 heterocycles. The van der Waals surface area contributed by atoms with Crippen LogP contribution in [0.4, 0.5) is 0 Å². The molecule has 3 aromatic rings. The minimum absolute atomic E-state index is 0.0591. The molecule has 0 bridgehead atoms. The minimum Gasteiger partial charge on any atom is -0.485 e.